The summed E-state index contributed by atoms with van der Waals surface area (Å²) in [5.74, 6) is 0.229. The van der Waals surface area contributed by atoms with Crippen molar-refractivity contribution in [2.24, 2.45) is 0 Å². The van der Waals surface area contributed by atoms with Crippen molar-refractivity contribution in [1.82, 2.24) is 9.80 Å². The third-order valence-electron chi connectivity index (χ3n) is 4.08. The van der Waals surface area contributed by atoms with Crippen LogP contribution < -0.4 is 0 Å². The maximum absolute atomic E-state index is 12.6. The van der Waals surface area contributed by atoms with Gasteiger partial charge in [0.25, 0.3) is 11.8 Å². The summed E-state index contributed by atoms with van der Waals surface area (Å²) >= 11 is 6.41. The highest BCUT2D eigenvalue weighted by Crippen LogP contribution is 2.23. The Bertz CT molecular complexity index is 705. The molecule has 1 fully saturated rings. The molecule has 1 aliphatic heterocycles. The molecule has 3 heterocycles. The molecule has 8 heteroatoms. The van der Waals surface area contributed by atoms with E-state index in [4.69, 9.17) is 8.83 Å². The van der Waals surface area contributed by atoms with Crippen LogP contribution in [0.25, 0.3) is 0 Å². The molecule has 128 valence electrons. The topological polar surface area (TPSA) is 66.9 Å². The van der Waals surface area contributed by atoms with Gasteiger partial charge in [-0.05, 0) is 70.0 Å². The number of hydrogen-bond acceptors (Lipinski definition) is 4. The van der Waals surface area contributed by atoms with Gasteiger partial charge in [0.05, 0.1) is 0 Å². The molecule has 0 N–H and O–H groups in total. The quantitative estimate of drug-likeness (QED) is 0.685. The van der Waals surface area contributed by atoms with E-state index in [0.29, 0.717) is 22.4 Å². The van der Waals surface area contributed by atoms with Gasteiger partial charge in [0.15, 0.2) is 20.9 Å². The first-order valence-corrected chi connectivity index (χ1v) is 9.08. The molecular weight excluding hydrogens is 444 g/mol. The van der Waals surface area contributed by atoms with E-state index in [0.717, 1.165) is 0 Å². The van der Waals surface area contributed by atoms with Gasteiger partial charge in [0.2, 0.25) is 0 Å². The van der Waals surface area contributed by atoms with E-state index in [1.54, 1.807) is 34.1 Å². The van der Waals surface area contributed by atoms with Crippen LogP contribution in [0.5, 0.6) is 0 Å². The lowest BCUT2D eigenvalue weighted by atomic mass is 10.1. The Hall–Kier alpha value is -1.54. The molecule has 0 radical (unpaired) electrons. The lowest BCUT2D eigenvalue weighted by Crippen LogP contribution is -2.59. The third kappa shape index (κ3) is 3.30. The van der Waals surface area contributed by atoms with Crippen LogP contribution >= 0.6 is 31.9 Å². The second-order valence-corrected chi connectivity index (χ2v) is 7.38. The van der Waals surface area contributed by atoms with Gasteiger partial charge < -0.3 is 18.6 Å². The highest BCUT2D eigenvalue weighted by Gasteiger charge is 2.36. The highest BCUT2D eigenvalue weighted by molar-refractivity contribution is 9.10. The summed E-state index contributed by atoms with van der Waals surface area (Å²) in [7, 11) is 0. The van der Waals surface area contributed by atoms with Crippen LogP contribution in [0.1, 0.15) is 35.0 Å². The number of piperazine rings is 1. The van der Waals surface area contributed by atoms with Crippen molar-refractivity contribution in [3.63, 3.8) is 0 Å². The Morgan fingerprint density at radius 3 is 1.54 bits per heavy atom. The van der Waals surface area contributed by atoms with Gasteiger partial charge in [-0.1, -0.05) is 0 Å². The summed E-state index contributed by atoms with van der Waals surface area (Å²) in [6.45, 7) is 4.71. The largest absolute Gasteiger partial charge is 0.444 e. The first-order chi connectivity index (χ1) is 11.4. The van der Waals surface area contributed by atoms with Crippen molar-refractivity contribution in [1.29, 1.82) is 0 Å². The van der Waals surface area contributed by atoms with Crippen molar-refractivity contribution in [2.75, 3.05) is 13.1 Å². The molecule has 0 aliphatic carbocycles. The Morgan fingerprint density at radius 1 is 0.875 bits per heavy atom. The van der Waals surface area contributed by atoms with E-state index in [1.807, 2.05) is 13.8 Å². The van der Waals surface area contributed by atoms with E-state index in [-0.39, 0.29) is 35.4 Å². The Labute approximate surface area is 156 Å². The maximum atomic E-state index is 12.6. The molecule has 2 atom stereocenters. The van der Waals surface area contributed by atoms with Gasteiger partial charge in [-0.3, -0.25) is 9.59 Å². The second kappa shape index (κ2) is 6.76. The molecular formula is C16H16Br2N2O4. The smallest absolute Gasteiger partial charge is 0.289 e. The van der Waals surface area contributed by atoms with Crippen LogP contribution in [-0.4, -0.2) is 46.8 Å². The predicted molar refractivity (Wildman–Crippen MR) is 93.8 cm³/mol. The van der Waals surface area contributed by atoms with Crippen molar-refractivity contribution >= 4 is 43.7 Å². The molecule has 0 saturated carbocycles. The minimum absolute atomic E-state index is 0.125. The standard InChI is InChI=1S/C16H16Br2N2O4/c1-9-7-20(16(22)12-4-6-14(18)24-12)10(2)8-19(9)15(21)11-3-5-13(17)23-11/h3-6,9-10H,7-8H2,1-2H3/t9-,10+. The first kappa shape index (κ1) is 17.3. The van der Waals surface area contributed by atoms with E-state index >= 15 is 0 Å². The summed E-state index contributed by atoms with van der Waals surface area (Å²) in [5.41, 5.74) is 0. The molecule has 2 aromatic rings. The number of amides is 2. The van der Waals surface area contributed by atoms with Gasteiger partial charge in [-0.25, -0.2) is 0 Å². The Morgan fingerprint density at radius 2 is 1.25 bits per heavy atom. The van der Waals surface area contributed by atoms with Crippen molar-refractivity contribution in [3.8, 4) is 0 Å². The number of nitrogens with zero attached hydrogens (tertiary/aromatic N) is 2. The number of halogens is 2. The molecule has 0 aromatic carbocycles. The van der Waals surface area contributed by atoms with Gasteiger partial charge in [-0.2, -0.15) is 0 Å². The molecule has 3 rings (SSSR count). The number of carbonyl (C=O) groups excluding carboxylic acids is 2. The molecule has 6 nitrogen and oxygen atoms in total. The van der Waals surface area contributed by atoms with E-state index in [1.165, 1.54) is 0 Å². The van der Waals surface area contributed by atoms with E-state index in [9.17, 15) is 9.59 Å². The van der Waals surface area contributed by atoms with E-state index in [2.05, 4.69) is 31.9 Å². The molecule has 1 aliphatic rings. The van der Waals surface area contributed by atoms with E-state index < -0.39 is 0 Å². The average molecular weight is 460 g/mol. The number of carbonyl (C=O) groups is 2. The monoisotopic (exact) mass is 458 g/mol. The third-order valence-corrected chi connectivity index (χ3v) is 4.93. The maximum Gasteiger partial charge on any atom is 0.289 e. The van der Waals surface area contributed by atoms with Gasteiger partial charge >= 0.3 is 0 Å². The van der Waals surface area contributed by atoms with Gasteiger partial charge in [-0.15, -0.1) is 0 Å². The average Bonchev–Trinajstić information content (AvgIpc) is 3.16. The summed E-state index contributed by atoms with van der Waals surface area (Å²) in [4.78, 5) is 28.7. The van der Waals surface area contributed by atoms with Crippen molar-refractivity contribution in [3.05, 3.63) is 45.1 Å². The van der Waals surface area contributed by atoms with Gasteiger partial charge in [0.1, 0.15) is 0 Å². The molecule has 0 spiro atoms. The summed E-state index contributed by atoms with van der Waals surface area (Å²) in [6.07, 6.45) is 0. The normalized spacial score (nSPS) is 21.2. The Balaban J connectivity index is 1.74. The number of rotatable bonds is 2. The van der Waals surface area contributed by atoms with Crippen LogP contribution in [0.3, 0.4) is 0 Å². The van der Waals surface area contributed by atoms with Crippen molar-refractivity contribution in [2.45, 2.75) is 25.9 Å². The SMILES string of the molecule is C[C@@H]1CN(C(=O)c2ccc(Br)o2)[C@@H](C)CN1C(=O)c1ccc(Br)o1. The predicted octanol–water partition coefficient (Wildman–Crippen LogP) is 3.77. The molecule has 2 amide bonds. The lowest BCUT2D eigenvalue weighted by molar-refractivity contribution is 0.0237. The minimum atomic E-state index is -0.173. The summed E-state index contributed by atoms with van der Waals surface area (Å²) in [5, 5.41) is 0. The molecule has 1 saturated heterocycles. The lowest BCUT2D eigenvalue weighted by Gasteiger charge is -2.43. The number of hydrogen-bond donors (Lipinski definition) is 0. The molecule has 0 unspecified atom stereocenters. The number of furan rings is 2. The van der Waals surface area contributed by atoms with Crippen LogP contribution in [-0.2, 0) is 0 Å². The fraction of sp³-hybridized carbons (Fsp3) is 0.375. The van der Waals surface area contributed by atoms with Gasteiger partial charge in [0, 0.05) is 25.2 Å². The minimum Gasteiger partial charge on any atom is -0.444 e. The molecule has 24 heavy (non-hydrogen) atoms. The highest BCUT2D eigenvalue weighted by atomic mass is 79.9. The fourth-order valence-electron chi connectivity index (χ4n) is 2.83. The van der Waals surface area contributed by atoms with Crippen LogP contribution in [0.2, 0.25) is 0 Å². The van der Waals surface area contributed by atoms with Crippen molar-refractivity contribution < 1.29 is 18.4 Å². The first-order valence-electron chi connectivity index (χ1n) is 7.49. The van der Waals surface area contributed by atoms with Crippen LogP contribution in [0.4, 0.5) is 0 Å². The Kier molecular flexibility index (Phi) is 4.87. The summed E-state index contributed by atoms with van der Waals surface area (Å²) < 4.78 is 11.7. The zero-order valence-electron chi connectivity index (χ0n) is 13.2. The van der Waals surface area contributed by atoms with Crippen LogP contribution in [0, 0.1) is 0 Å². The second-order valence-electron chi connectivity index (χ2n) is 5.82. The molecule has 2 aromatic heterocycles. The zero-order valence-corrected chi connectivity index (χ0v) is 16.3. The molecule has 0 bridgehead atoms. The van der Waals surface area contributed by atoms with Crippen LogP contribution in [0.15, 0.2) is 42.4 Å². The fourth-order valence-corrected chi connectivity index (χ4v) is 3.45. The summed E-state index contributed by atoms with van der Waals surface area (Å²) in [6, 6.07) is 6.41. The zero-order chi connectivity index (χ0) is 17.4.